The van der Waals surface area contributed by atoms with E-state index in [2.05, 4.69) is 15.3 Å². The maximum Gasteiger partial charge on any atom is 0.335 e. The van der Waals surface area contributed by atoms with E-state index in [-0.39, 0.29) is 11.5 Å². The van der Waals surface area contributed by atoms with E-state index in [0.717, 1.165) is 11.0 Å². The summed E-state index contributed by atoms with van der Waals surface area (Å²) in [6, 6.07) is 9.75. The Labute approximate surface area is 125 Å². The highest BCUT2D eigenvalue weighted by Gasteiger charge is 2.11. The van der Waals surface area contributed by atoms with Gasteiger partial charge in [-0.05, 0) is 48.9 Å². The third kappa shape index (κ3) is 2.54. The first-order chi connectivity index (χ1) is 10.5. The molecular weight excluding hydrogens is 282 g/mol. The Hall–Kier alpha value is -3.15. The number of imidazole rings is 1. The lowest BCUT2D eigenvalue weighted by atomic mass is 10.1. The SMILES string of the molecule is Cc1cc(C(=O)O)ccc1NC(=O)c1ccc2nc[nH]c2c1. The Bertz CT molecular complexity index is 883. The number of nitrogens with zero attached hydrogens (tertiary/aromatic N) is 1. The lowest BCUT2D eigenvalue weighted by Gasteiger charge is -2.09. The van der Waals surface area contributed by atoms with Gasteiger partial charge in [-0.3, -0.25) is 4.79 Å². The molecule has 0 radical (unpaired) electrons. The lowest BCUT2D eigenvalue weighted by Crippen LogP contribution is -2.13. The molecule has 0 aliphatic carbocycles. The maximum absolute atomic E-state index is 12.3. The second kappa shape index (κ2) is 5.33. The Kier molecular flexibility index (Phi) is 3.34. The minimum Gasteiger partial charge on any atom is -0.478 e. The normalized spacial score (nSPS) is 10.6. The summed E-state index contributed by atoms with van der Waals surface area (Å²) < 4.78 is 0. The number of aryl methyl sites for hydroxylation is 1. The number of aromatic nitrogens is 2. The van der Waals surface area contributed by atoms with E-state index in [1.54, 1.807) is 37.5 Å². The molecule has 3 rings (SSSR count). The Balaban J connectivity index is 1.85. The van der Waals surface area contributed by atoms with Gasteiger partial charge in [0.25, 0.3) is 5.91 Å². The molecule has 0 fully saturated rings. The zero-order valence-electron chi connectivity index (χ0n) is 11.8. The van der Waals surface area contributed by atoms with Crippen molar-refractivity contribution in [2.45, 2.75) is 6.92 Å². The Morgan fingerprint density at radius 2 is 1.91 bits per heavy atom. The molecule has 6 nitrogen and oxygen atoms in total. The number of carboxylic acids is 1. The van der Waals surface area contributed by atoms with E-state index in [0.29, 0.717) is 16.8 Å². The van der Waals surface area contributed by atoms with E-state index >= 15 is 0 Å². The number of benzene rings is 2. The number of hydrogen-bond acceptors (Lipinski definition) is 3. The molecule has 0 unspecified atom stereocenters. The van der Waals surface area contributed by atoms with Crippen LogP contribution in [0.25, 0.3) is 11.0 Å². The van der Waals surface area contributed by atoms with Gasteiger partial charge in [0, 0.05) is 11.3 Å². The average Bonchev–Trinajstić information content (AvgIpc) is 2.96. The number of H-pyrrole nitrogens is 1. The Morgan fingerprint density at radius 3 is 2.64 bits per heavy atom. The molecule has 1 amide bonds. The zero-order chi connectivity index (χ0) is 15.7. The fourth-order valence-corrected chi connectivity index (χ4v) is 2.21. The molecule has 1 heterocycles. The molecule has 0 atom stereocenters. The van der Waals surface area contributed by atoms with Gasteiger partial charge in [-0.25, -0.2) is 9.78 Å². The van der Waals surface area contributed by atoms with E-state index in [4.69, 9.17) is 5.11 Å². The monoisotopic (exact) mass is 295 g/mol. The van der Waals surface area contributed by atoms with Crippen LogP contribution in [0.15, 0.2) is 42.7 Å². The van der Waals surface area contributed by atoms with Crippen molar-refractivity contribution >= 4 is 28.6 Å². The number of aromatic amines is 1. The van der Waals surface area contributed by atoms with Crippen molar-refractivity contribution in [1.29, 1.82) is 0 Å². The van der Waals surface area contributed by atoms with Crippen LogP contribution >= 0.6 is 0 Å². The van der Waals surface area contributed by atoms with Crippen molar-refractivity contribution in [3.63, 3.8) is 0 Å². The van der Waals surface area contributed by atoms with Gasteiger partial charge in [0.1, 0.15) is 0 Å². The molecule has 0 aliphatic heterocycles. The van der Waals surface area contributed by atoms with Gasteiger partial charge in [-0.15, -0.1) is 0 Å². The molecule has 2 aromatic carbocycles. The fraction of sp³-hybridized carbons (Fsp3) is 0.0625. The van der Waals surface area contributed by atoms with Gasteiger partial charge in [-0.2, -0.15) is 0 Å². The van der Waals surface area contributed by atoms with Gasteiger partial charge >= 0.3 is 5.97 Å². The molecule has 22 heavy (non-hydrogen) atoms. The van der Waals surface area contributed by atoms with Crippen molar-refractivity contribution in [2.75, 3.05) is 5.32 Å². The highest BCUT2D eigenvalue weighted by molar-refractivity contribution is 6.06. The predicted octanol–water partition coefficient (Wildman–Crippen LogP) is 2.82. The van der Waals surface area contributed by atoms with Gasteiger partial charge in [0.15, 0.2) is 0 Å². The van der Waals surface area contributed by atoms with Crippen LogP contribution in [0.5, 0.6) is 0 Å². The van der Waals surface area contributed by atoms with Crippen molar-refractivity contribution in [2.24, 2.45) is 0 Å². The van der Waals surface area contributed by atoms with Crippen LogP contribution in [0.4, 0.5) is 5.69 Å². The van der Waals surface area contributed by atoms with E-state index in [9.17, 15) is 9.59 Å². The third-order valence-corrected chi connectivity index (χ3v) is 3.40. The molecule has 0 saturated heterocycles. The number of hydrogen-bond donors (Lipinski definition) is 3. The van der Waals surface area contributed by atoms with E-state index < -0.39 is 5.97 Å². The minimum absolute atomic E-state index is 0.189. The number of amides is 1. The molecule has 1 aromatic heterocycles. The molecule has 3 N–H and O–H groups in total. The summed E-state index contributed by atoms with van der Waals surface area (Å²) in [5, 5.41) is 11.7. The Morgan fingerprint density at radius 1 is 1.14 bits per heavy atom. The summed E-state index contributed by atoms with van der Waals surface area (Å²) in [5.41, 5.74) is 3.53. The fourth-order valence-electron chi connectivity index (χ4n) is 2.21. The summed E-state index contributed by atoms with van der Waals surface area (Å²) in [6.45, 7) is 1.75. The number of nitrogens with one attached hydrogen (secondary N) is 2. The van der Waals surface area contributed by atoms with Crippen molar-refractivity contribution < 1.29 is 14.7 Å². The number of carbonyl (C=O) groups excluding carboxylic acids is 1. The highest BCUT2D eigenvalue weighted by Crippen LogP contribution is 2.19. The van der Waals surface area contributed by atoms with Crippen LogP contribution in [-0.2, 0) is 0 Å². The number of carbonyl (C=O) groups is 2. The quantitative estimate of drug-likeness (QED) is 0.692. The lowest BCUT2D eigenvalue weighted by molar-refractivity contribution is 0.0696. The van der Waals surface area contributed by atoms with E-state index in [1.165, 1.54) is 12.1 Å². The summed E-state index contributed by atoms with van der Waals surface area (Å²) in [7, 11) is 0. The molecule has 0 bridgehead atoms. The van der Waals surface area contributed by atoms with Gasteiger partial charge in [0.05, 0.1) is 22.9 Å². The topological polar surface area (TPSA) is 95.1 Å². The predicted molar refractivity (Wildman–Crippen MR) is 82.2 cm³/mol. The number of anilines is 1. The summed E-state index contributed by atoms with van der Waals surface area (Å²) in [4.78, 5) is 30.3. The van der Waals surface area contributed by atoms with Crippen molar-refractivity contribution in [1.82, 2.24) is 9.97 Å². The number of carboxylic acid groups (broad SMARTS) is 1. The molecule has 0 spiro atoms. The smallest absolute Gasteiger partial charge is 0.335 e. The van der Waals surface area contributed by atoms with Gasteiger partial charge < -0.3 is 15.4 Å². The van der Waals surface area contributed by atoms with Crippen LogP contribution in [0.1, 0.15) is 26.3 Å². The maximum atomic E-state index is 12.3. The molecular formula is C16H13N3O3. The number of rotatable bonds is 3. The first-order valence-corrected chi connectivity index (χ1v) is 6.63. The minimum atomic E-state index is -0.995. The molecule has 0 aliphatic rings. The highest BCUT2D eigenvalue weighted by atomic mass is 16.4. The van der Waals surface area contributed by atoms with Crippen molar-refractivity contribution in [3.05, 3.63) is 59.4 Å². The molecule has 0 saturated carbocycles. The third-order valence-electron chi connectivity index (χ3n) is 3.40. The second-order valence-corrected chi connectivity index (χ2v) is 4.92. The first kappa shape index (κ1) is 13.8. The molecule has 6 heteroatoms. The molecule has 110 valence electrons. The van der Waals surface area contributed by atoms with Crippen LogP contribution in [-0.4, -0.2) is 27.0 Å². The zero-order valence-corrected chi connectivity index (χ0v) is 11.8. The van der Waals surface area contributed by atoms with Crippen LogP contribution < -0.4 is 5.32 Å². The van der Waals surface area contributed by atoms with Crippen molar-refractivity contribution in [3.8, 4) is 0 Å². The summed E-state index contributed by atoms with van der Waals surface area (Å²) >= 11 is 0. The van der Waals surface area contributed by atoms with Crippen LogP contribution in [0, 0.1) is 6.92 Å². The summed E-state index contributed by atoms with van der Waals surface area (Å²) in [6.07, 6.45) is 1.57. The standard InChI is InChI=1S/C16H13N3O3/c1-9-6-11(16(21)22)3-4-12(9)19-15(20)10-2-5-13-14(7-10)18-8-17-13/h2-8H,1H3,(H,17,18)(H,19,20)(H,21,22). The van der Waals surface area contributed by atoms with Crippen LogP contribution in [0.3, 0.4) is 0 Å². The second-order valence-electron chi connectivity index (χ2n) is 4.92. The van der Waals surface area contributed by atoms with E-state index in [1.807, 2.05) is 0 Å². The van der Waals surface area contributed by atoms with Crippen LogP contribution in [0.2, 0.25) is 0 Å². The average molecular weight is 295 g/mol. The molecule has 3 aromatic rings. The summed E-state index contributed by atoms with van der Waals surface area (Å²) in [5.74, 6) is -1.26. The number of aromatic carboxylic acids is 1. The van der Waals surface area contributed by atoms with Gasteiger partial charge in [0.2, 0.25) is 0 Å². The van der Waals surface area contributed by atoms with Gasteiger partial charge in [-0.1, -0.05) is 0 Å². The number of fused-ring (bicyclic) bond motifs is 1. The first-order valence-electron chi connectivity index (χ1n) is 6.63. The largest absolute Gasteiger partial charge is 0.478 e.